The molecule has 0 radical (unpaired) electrons. The van der Waals surface area contributed by atoms with Crippen LogP contribution in [0, 0.1) is 0 Å². The number of carbonyl (C=O) groups excluding carboxylic acids is 2. The monoisotopic (exact) mass is 277 g/mol. The quantitative estimate of drug-likeness (QED) is 0.732. The minimum Gasteiger partial charge on any atom is -0.497 e. The van der Waals surface area contributed by atoms with Gasteiger partial charge in [0, 0.05) is 12.2 Å². The van der Waals surface area contributed by atoms with E-state index in [2.05, 4.69) is 16.0 Å². The molecule has 1 aliphatic rings. The molecule has 2 amide bonds. The number of anilines is 1. The van der Waals surface area contributed by atoms with E-state index in [9.17, 15) is 9.59 Å². The summed E-state index contributed by atoms with van der Waals surface area (Å²) in [7, 11) is 1.59. The molecule has 0 aliphatic carbocycles. The zero-order valence-electron chi connectivity index (χ0n) is 11.4. The van der Waals surface area contributed by atoms with Crippen molar-refractivity contribution in [3.05, 3.63) is 24.3 Å². The van der Waals surface area contributed by atoms with Crippen molar-refractivity contribution in [2.45, 2.75) is 18.9 Å². The highest BCUT2D eigenvalue weighted by Crippen LogP contribution is 2.14. The first-order valence-corrected chi connectivity index (χ1v) is 6.64. The van der Waals surface area contributed by atoms with E-state index in [1.807, 2.05) is 0 Å². The van der Waals surface area contributed by atoms with Crippen LogP contribution < -0.4 is 20.7 Å². The number of benzene rings is 1. The Morgan fingerprint density at radius 1 is 1.40 bits per heavy atom. The molecule has 1 saturated heterocycles. The molecule has 1 fully saturated rings. The Balaban J connectivity index is 1.78. The minimum absolute atomic E-state index is 0.0338. The van der Waals surface area contributed by atoms with Gasteiger partial charge in [-0.15, -0.1) is 0 Å². The molecule has 1 heterocycles. The summed E-state index contributed by atoms with van der Waals surface area (Å²) in [5, 5.41) is 8.50. The maximum absolute atomic E-state index is 11.8. The molecule has 0 spiro atoms. The first kappa shape index (κ1) is 14.3. The van der Waals surface area contributed by atoms with E-state index in [0.29, 0.717) is 5.69 Å². The fourth-order valence-electron chi connectivity index (χ4n) is 2.06. The summed E-state index contributed by atoms with van der Waals surface area (Å²) in [6.07, 6.45) is 1.70. The van der Waals surface area contributed by atoms with Crippen LogP contribution in [0.25, 0.3) is 0 Å². The number of carbonyl (C=O) groups is 2. The van der Waals surface area contributed by atoms with Gasteiger partial charge in [0.1, 0.15) is 5.75 Å². The fraction of sp³-hybridized carbons (Fsp3) is 0.429. The van der Waals surface area contributed by atoms with E-state index in [1.165, 1.54) is 0 Å². The lowest BCUT2D eigenvalue weighted by atomic mass is 10.1. The number of amides is 2. The number of ether oxygens (including phenoxy) is 1. The van der Waals surface area contributed by atoms with E-state index in [4.69, 9.17) is 4.74 Å². The third kappa shape index (κ3) is 3.96. The van der Waals surface area contributed by atoms with Gasteiger partial charge in [-0.05, 0) is 37.1 Å². The summed E-state index contributed by atoms with van der Waals surface area (Å²) in [4.78, 5) is 23.3. The second-order valence-electron chi connectivity index (χ2n) is 4.64. The van der Waals surface area contributed by atoms with Gasteiger partial charge in [-0.3, -0.25) is 14.9 Å². The van der Waals surface area contributed by atoms with Crippen molar-refractivity contribution in [2.24, 2.45) is 0 Å². The van der Waals surface area contributed by atoms with Crippen LogP contribution in [0.15, 0.2) is 24.3 Å². The molecule has 0 saturated carbocycles. The summed E-state index contributed by atoms with van der Waals surface area (Å²) in [6.45, 7) is 0.833. The maximum Gasteiger partial charge on any atom is 0.238 e. The van der Waals surface area contributed by atoms with Crippen molar-refractivity contribution in [1.29, 1.82) is 0 Å². The molecule has 1 aromatic carbocycles. The lowest BCUT2D eigenvalue weighted by molar-refractivity contribution is -0.124. The Labute approximate surface area is 117 Å². The minimum atomic E-state index is -0.273. The number of hydrogen-bond donors (Lipinski definition) is 3. The molecule has 20 heavy (non-hydrogen) atoms. The van der Waals surface area contributed by atoms with Crippen LogP contribution in [-0.2, 0) is 9.59 Å². The summed E-state index contributed by atoms with van der Waals surface area (Å²) in [5.41, 5.74) is 0.700. The predicted molar refractivity (Wildman–Crippen MR) is 75.7 cm³/mol. The molecule has 2 rings (SSSR count). The summed E-state index contributed by atoms with van der Waals surface area (Å²) < 4.78 is 5.04. The number of methoxy groups -OCH3 is 1. The fourth-order valence-corrected chi connectivity index (χ4v) is 2.06. The van der Waals surface area contributed by atoms with Gasteiger partial charge >= 0.3 is 0 Å². The van der Waals surface area contributed by atoms with Gasteiger partial charge in [-0.2, -0.15) is 0 Å². The van der Waals surface area contributed by atoms with Crippen molar-refractivity contribution < 1.29 is 14.3 Å². The molecule has 1 unspecified atom stereocenters. The third-order valence-corrected chi connectivity index (χ3v) is 3.17. The number of hydrogen-bond acceptors (Lipinski definition) is 4. The average Bonchev–Trinajstić information content (AvgIpc) is 2.47. The second kappa shape index (κ2) is 6.91. The highest BCUT2D eigenvalue weighted by atomic mass is 16.5. The van der Waals surface area contributed by atoms with Gasteiger partial charge < -0.3 is 15.4 Å². The summed E-state index contributed by atoms with van der Waals surface area (Å²) in [6, 6.07) is 6.81. The van der Waals surface area contributed by atoms with Crippen LogP contribution in [-0.4, -0.2) is 38.1 Å². The van der Waals surface area contributed by atoms with E-state index in [1.54, 1.807) is 31.4 Å². The van der Waals surface area contributed by atoms with E-state index in [0.717, 1.165) is 25.1 Å². The molecule has 1 atom stereocenters. The number of nitrogens with one attached hydrogen (secondary N) is 3. The summed E-state index contributed by atoms with van der Waals surface area (Å²) in [5.74, 6) is 0.530. The van der Waals surface area contributed by atoms with Crippen LogP contribution in [0.2, 0.25) is 0 Å². The van der Waals surface area contributed by atoms with Gasteiger partial charge in [0.25, 0.3) is 0 Å². The normalized spacial score (nSPS) is 18.2. The van der Waals surface area contributed by atoms with Gasteiger partial charge in [-0.1, -0.05) is 0 Å². The van der Waals surface area contributed by atoms with E-state index >= 15 is 0 Å². The highest BCUT2D eigenvalue weighted by Gasteiger charge is 2.21. The van der Waals surface area contributed by atoms with E-state index < -0.39 is 0 Å². The Morgan fingerprint density at radius 3 is 2.80 bits per heavy atom. The molecule has 108 valence electrons. The molecule has 1 aliphatic heterocycles. The Hall–Kier alpha value is -2.08. The Morgan fingerprint density at radius 2 is 2.15 bits per heavy atom. The first-order chi connectivity index (χ1) is 9.69. The van der Waals surface area contributed by atoms with Gasteiger partial charge in [0.15, 0.2) is 0 Å². The van der Waals surface area contributed by atoms with Crippen LogP contribution in [0.5, 0.6) is 5.75 Å². The van der Waals surface area contributed by atoms with E-state index in [-0.39, 0.29) is 24.4 Å². The van der Waals surface area contributed by atoms with Crippen LogP contribution in [0.3, 0.4) is 0 Å². The standard InChI is InChI=1S/C14H19N3O3/c1-20-11-6-4-10(5-7-11)17-13(18)9-16-12-3-2-8-15-14(12)19/h4-7,12,16H,2-3,8-9H2,1H3,(H,15,19)(H,17,18). The lowest BCUT2D eigenvalue weighted by Gasteiger charge is -2.22. The van der Waals surface area contributed by atoms with Gasteiger partial charge in [0.05, 0.1) is 19.7 Å². The average molecular weight is 277 g/mol. The summed E-state index contributed by atoms with van der Waals surface area (Å²) >= 11 is 0. The van der Waals surface area contributed by atoms with Crippen molar-refractivity contribution >= 4 is 17.5 Å². The highest BCUT2D eigenvalue weighted by molar-refractivity contribution is 5.93. The molecular weight excluding hydrogens is 258 g/mol. The molecule has 6 nitrogen and oxygen atoms in total. The van der Waals surface area contributed by atoms with Crippen LogP contribution >= 0.6 is 0 Å². The lowest BCUT2D eigenvalue weighted by Crippen LogP contribution is -2.50. The zero-order valence-corrected chi connectivity index (χ0v) is 11.4. The van der Waals surface area contributed by atoms with Crippen molar-refractivity contribution in [3.8, 4) is 5.75 Å². The Bertz CT molecular complexity index is 473. The largest absolute Gasteiger partial charge is 0.497 e. The Kier molecular flexibility index (Phi) is 4.95. The third-order valence-electron chi connectivity index (χ3n) is 3.17. The van der Waals surface area contributed by atoms with Gasteiger partial charge in [-0.25, -0.2) is 0 Å². The van der Waals surface area contributed by atoms with Crippen molar-refractivity contribution in [2.75, 3.05) is 25.5 Å². The number of rotatable bonds is 5. The molecule has 0 aromatic heterocycles. The molecule has 1 aromatic rings. The predicted octanol–water partition coefficient (Wildman–Crippen LogP) is 0.502. The zero-order chi connectivity index (χ0) is 14.4. The molecule has 3 N–H and O–H groups in total. The topological polar surface area (TPSA) is 79.5 Å². The molecule has 0 bridgehead atoms. The smallest absolute Gasteiger partial charge is 0.238 e. The maximum atomic E-state index is 11.8. The molecular formula is C14H19N3O3. The first-order valence-electron chi connectivity index (χ1n) is 6.64. The van der Waals surface area contributed by atoms with Crippen molar-refractivity contribution in [1.82, 2.24) is 10.6 Å². The second-order valence-corrected chi connectivity index (χ2v) is 4.64. The van der Waals surface area contributed by atoms with Crippen LogP contribution in [0.1, 0.15) is 12.8 Å². The van der Waals surface area contributed by atoms with Crippen LogP contribution in [0.4, 0.5) is 5.69 Å². The SMILES string of the molecule is COc1ccc(NC(=O)CNC2CCCNC2=O)cc1. The van der Waals surface area contributed by atoms with Gasteiger partial charge in [0.2, 0.25) is 11.8 Å². The molecule has 6 heteroatoms. The number of piperidine rings is 1. The van der Waals surface area contributed by atoms with Crippen molar-refractivity contribution in [3.63, 3.8) is 0 Å².